The number of hydrogen-bond acceptors (Lipinski definition) is 18. The molecule has 0 fully saturated rings. The normalized spacial score (nSPS) is 12.6. The summed E-state index contributed by atoms with van der Waals surface area (Å²) in [7, 11) is 0. The highest BCUT2D eigenvalue weighted by molar-refractivity contribution is 5.92. The molecule has 0 radical (unpaired) electrons. The van der Waals surface area contributed by atoms with Crippen molar-refractivity contribution in [2.45, 2.75) is 30.8 Å². The molecule has 0 spiro atoms. The van der Waals surface area contributed by atoms with E-state index in [0.29, 0.717) is 0 Å². The molecule has 308 valence electrons. The van der Waals surface area contributed by atoms with Crippen molar-refractivity contribution >= 4 is 35.8 Å². The molecule has 0 aliphatic heterocycles. The van der Waals surface area contributed by atoms with Crippen molar-refractivity contribution in [2.24, 2.45) is 0 Å². The summed E-state index contributed by atoms with van der Waals surface area (Å²) in [4.78, 5) is 106. The predicted octanol–water partition coefficient (Wildman–Crippen LogP) is 4.36. The molecule has 6 aromatic heterocycles. The van der Waals surface area contributed by atoms with Gasteiger partial charge >= 0.3 is 35.8 Å². The molecule has 0 aromatic carbocycles. The molecule has 0 N–H and O–H groups in total. The van der Waals surface area contributed by atoms with Gasteiger partial charge in [-0.15, -0.1) is 0 Å². The van der Waals surface area contributed by atoms with E-state index in [-0.39, 0.29) is 33.4 Å². The van der Waals surface area contributed by atoms with E-state index in [2.05, 4.69) is 29.9 Å². The zero-order chi connectivity index (χ0) is 42.8. The van der Waals surface area contributed by atoms with Crippen LogP contribution < -0.4 is 0 Å². The Labute approximate surface area is 346 Å². The molecule has 61 heavy (non-hydrogen) atoms. The number of carbonyl (C=O) groups is 6. The molecule has 6 rings (SSSR count). The second kappa shape index (κ2) is 21.5. The van der Waals surface area contributed by atoms with E-state index in [1.54, 1.807) is 0 Å². The summed E-state index contributed by atoms with van der Waals surface area (Å²) in [5.74, 6) is -5.84. The third-order valence-electron chi connectivity index (χ3n) is 8.46. The lowest BCUT2D eigenvalue weighted by atomic mass is 9.99. The van der Waals surface area contributed by atoms with Crippen LogP contribution in [0.1, 0.15) is 68.6 Å². The van der Waals surface area contributed by atoms with E-state index < -0.39 is 79.9 Å². The maximum Gasteiger partial charge on any atom is 0.340 e. The molecule has 0 saturated carbocycles. The summed E-state index contributed by atoms with van der Waals surface area (Å²) in [5.41, 5.74) is -0.157. The number of ether oxygens (including phenoxy) is 6. The fourth-order valence-electron chi connectivity index (χ4n) is 5.48. The number of rotatable bonds is 18. The van der Waals surface area contributed by atoms with Crippen LogP contribution in [0, 0.1) is 0 Å². The van der Waals surface area contributed by atoms with Crippen LogP contribution in [0.15, 0.2) is 147 Å². The second-order valence-corrected chi connectivity index (χ2v) is 12.6. The van der Waals surface area contributed by atoms with Gasteiger partial charge in [0.1, 0.15) is 12.7 Å². The minimum Gasteiger partial charge on any atom is -0.462 e. The van der Waals surface area contributed by atoms with E-state index in [0.717, 1.165) is 0 Å². The Morgan fingerprint density at radius 1 is 0.377 bits per heavy atom. The topological polar surface area (TPSA) is 235 Å². The van der Waals surface area contributed by atoms with E-state index in [1.807, 2.05) is 0 Å². The van der Waals surface area contributed by atoms with Crippen molar-refractivity contribution in [3.8, 4) is 0 Å². The largest absolute Gasteiger partial charge is 0.462 e. The lowest BCUT2D eigenvalue weighted by molar-refractivity contribution is -0.133. The molecule has 18 heteroatoms. The Morgan fingerprint density at radius 2 is 0.672 bits per heavy atom. The van der Waals surface area contributed by atoms with Crippen LogP contribution in [-0.4, -0.2) is 103 Å². The number of hydrogen-bond donors (Lipinski definition) is 0. The molecule has 0 aliphatic rings. The average molecular weight is 827 g/mol. The third-order valence-corrected chi connectivity index (χ3v) is 8.46. The zero-order valence-corrected chi connectivity index (χ0v) is 31.9. The fraction of sp³-hybridized carbons (Fsp3) is 0.163. The first-order chi connectivity index (χ1) is 29.8. The van der Waals surface area contributed by atoms with Gasteiger partial charge in [-0.2, -0.15) is 0 Å². The lowest BCUT2D eigenvalue weighted by Crippen LogP contribution is -2.53. The van der Waals surface area contributed by atoms with Crippen LogP contribution in [0.2, 0.25) is 0 Å². The van der Waals surface area contributed by atoms with Gasteiger partial charge in [0.2, 0.25) is 0 Å². The highest BCUT2D eigenvalue weighted by atomic mass is 16.6. The summed E-state index contributed by atoms with van der Waals surface area (Å²) < 4.78 is 35.1. The number of aromatic nitrogens is 6. The number of nitrogens with zero attached hydrogens (tertiary/aromatic N) is 6. The Kier molecular flexibility index (Phi) is 14.9. The van der Waals surface area contributed by atoms with Crippen LogP contribution >= 0.6 is 0 Å². The van der Waals surface area contributed by atoms with Crippen LogP contribution in [-0.2, 0) is 28.4 Å². The second-order valence-electron chi connectivity index (χ2n) is 12.6. The van der Waals surface area contributed by atoms with Gasteiger partial charge in [0, 0.05) is 80.8 Å². The minimum absolute atomic E-state index is 0.0157. The third kappa shape index (κ3) is 12.1. The predicted molar refractivity (Wildman–Crippen MR) is 207 cm³/mol. The van der Waals surface area contributed by atoms with Crippen molar-refractivity contribution in [1.82, 2.24) is 29.9 Å². The molecule has 0 amide bonds. The molecular weight excluding hydrogens is 793 g/mol. The van der Waals surface area contributed by atoms with Crippen molar-refractivity contribution in [3.63, 3.8) is 0 Å². The number of pyridine rings is 6. The van der Waals surface area contributed by atoms with Crippen LogP contribution in [0.5, 0.6) is 0 Å². The zero-order valence-electron chi connectivity index (χ0n) is 31.9. The number of esters is 6. The van der Waals surface area contributed by atoms with Crippen molar-refractivity contribution < 1.29 is 57.2 Å². The van der Waals surface area contributed by atoms with E-state index in [9.17, 15) is 28.8 Å². The van der Waals surface area contributed by atoms with Gasteiger partial charge in [0.15, 0.2) is 18.3 Å². The minimum atomic E-state index is -1.96. The Balaban J connectivity index is 1.46. The molecule has 6 heterocycles. The maximum atomic E-state index is 14.0. The van der Waals surface area contributed by atoms with Gasteiger partial charge in [-0.25, -0.2) is 28.8 Å². The van der Waals surface area contributed by atoms with E-state index in [1.165, 1.54) is 147 Å². The highest BCUT2D eigenvalue weighted by Crippen LogP contribution is 2.26. The maximum absolute atomic E-state index is 14.0. The van der Waals surface area contributed by atoms with Gasteiger partial charge in [-0.05, 0) is 72.8 Å². The van der Waals surface area contributed by atoms with Gasteiger partial charge in [-0.3, -0.25) is 29.9 Å². The molecule has 0 bridgehead atoms. The Hall–Kier alpha value is -8.28. The Morgan fingerprint density at radius 3 is 1.02 bits per heavy atom. The van der Waals surface area contributed by atoms with Crippen LogP contribution in [0.25, 0.3) is 0 Å². The van der Waals surface area contributed by atoms with Crippen LogP contribution in [0.4, 0.5) is 0 Å². The summed E-state index contributed by atoms with van der Waals surface area (Å²) in [6.45, 7) is -1.30. The van der Waals surface area contributed by atoms with Gasteiger partial charge in [0.05, 0.1) is 40.0 Å². The van der Waals surface area contributed by atoms with Gasteiger partial charge < -0.3 is 28.4 Å². The molecule has 6 aromatic rings. The monoisotopic (exact) mass is 826 g/mol. The van der Waals surface area contributed by atoms with E-state index >= 15 is 0 Å². The van der Waals surface area contributed by atoms with Gasteiger partial charge in [0.25, 0.3) is 0 Å². The molecule has 4 atom stereocenters. The quantitative estimate of drug-likeness (QED) is 0.0864. The van der Waals surface area contributed by atoms with Crippen molar-refractivity contribution in [3.05, 3.63) is 181 Å². The average Bonchev–Trinajstić information content (AvgIpc) is 3.32. The first-order valence-electron chi connectivity index (χ1n) is 18.3. The first-order valence-corrected chi connectivity index (χ1v) is 18.3. The molecular formula is C43H34N6O12. The van der Waals surface area contributed by atoms with Gasteiger partial charge in [-0.1, -0.05) is 0 Å². The molecule has 0 aliphatic carbocycles. The summed E-state index contributed by atoms with van der Waals surface area (Å²) in [5, 5.41) is 0. The van der Waals surface area contributed by atoms with E-state index in [4.69, 9.17) is 28.4 Å². The summed E-state index contributed by atoms with van der Waals surface area (Å²) in [6.07, 6.45) is 8.08. The smallest absolute Gasteiger partial charge is 0.340 e. The fourth-order valence-corrected chi connectivity index (χ4v) is 5.48. The SMILES string of the molecule is O=C(OCC[C@H](OC(=O)c1cccnc1)C(OC(=O)c1cccnc1)[C@H](OC(=O)c1cccnc1)[C@@H](COC(=O)c1cccnc1)OC(=O)c1cccnc1)c1cccnc1. The van der Waals surface area contributed by atoms with Crippen LogP contribution in [0.3, 0.4) is 0 Å². The highest BCUT2D eigenvalue weighted by Gasteiger charge is 2.46. The van der Waals surface area contributed by atoms with Crippen molar-refractivity contribution in [2.75, 3.05) is 13.2 Å². The summed E-state index contributed by atoms with van der Waals surface area (Å²) in [6, 6.07) is 17.3. The lowest BCUT2D eigenvalue weighted by Gasteiger charge is -2.36. The van der Waals surface area contributed by atoms with Crippen molar-refractivity contribution in [1.29, 1.82) is 0 Å². The molecule has 0 saturated heterocycles. The Bertz CT molecular complexity index is 2380. The first kappa shape index (κ1) is 42.3. The summed E-state index contributed by atoms with van der Waals surface area (Å²) >= 11 is 0. The molecule has 1 unspecified atom stereocenters. The number of carbonyl (C=O) groups excluding carboxylic acids is 6. The standard InChI is InChI=1S/C43H34N6O12/c50-38(28-7-1-14-44-21-28)56-20-13-34(58-40(52)30-9-3-16-46-23-30)36(60-42(54)32-11-5-18-48-25-32)37(61-43(55)33-12-6-19-49-26-33)35(59-41(53)31-10-4-17-47-24-31)27-57-39(51)29-8-2-15-45-22-29/h1-12,14-19,21-26,34-37H,13,20,27H2/t34-,35+,36?,37+/m0/s1. The molecule has 18 nitrogen and oxygen atoms in total.